The molecule has 0 saturated heterocycles. The predicted octanol–water partition coefficient (Wildman–Crippen LogP) is 1.58. The first kappa shape index (κ1) is 10.9. The number of hydrogen-bond donors (Lipinski definition) is 1. The summed E-state index contributed by atoms with van der Waals surface area (Å²) in [6, 6.07) is 5.76. The lowest BCUT2D eigenvalue weighted by Gasteiger charge is -2.11. The van der Waals surface area contributed by atoms with Crippen molar-refractivity contribution in [1.29, 1.82) is 0 Å². The molecule has 2 aromatic heterocycles. The second-order valence-corrected chi connectivity index (χ2v) is 4.84. The number of aliphatic hydroxyl groups excluding tert-OH is 1. The van der Waals surface area contributed by atoms with Gasteiger partial charge in [0.25, 0.3) is 0 Å². The zero-order valence-electron chi connectivity index (χ0n) is 9.04. The van der Waals surface area contributed by atoms with Gasteiger partial charge in [0, 0.05) is 6.42 Å². The lowest BCUT2D eigenvalue weighted by molar-refractivity contribution is 0.233. The summed E-state index contributed by atoms with van der Waals surface area (Å²) in [5.74, 6) is 1.67. The van der Waals surface area contributed by atoms with E-state index in [-0.39, 0.29) is 12.6 Å². The van der Waals surface area contributed by atoms with Crippen LogP contribution in [0.15, 0.2) is 22.8 Å². The molecule has 0 fully saturated rings. The van der Waals surface area contributed by atoms with Crippen LogP contribution in [0.2, 0.25) is 0 Å². The summed E-state index contributed by atoms with van der Waals surface area (Å²) in [5.41, 5.74) is 0.776. The third kappa shape index (κ3) is 1.77. The standard InChI is InChI=1S/C11H11BrN4O/c12-9-3-1-2-8(13-9)11-15-14-10-5-4-7(6-17)16(10)11/h1-3,7,17H,4-6H2/t7-/m0/s1. The molecule has 1 aliphatic rings. The van der Waals surface area contributed by atoms with Crippen LogP contribution in [0.4, 0.5) is 0 Å². The van der Waals surface area contributed by atoms with Crippen molar-refractivity contribution in [2.45, 2.75) is 18.9 Å². The number of nitrogens with zero attached hydrogens (tertiary/aromatic N) is 4. The molecule has 3 heterocycles. The SMILES string of the molecule is OC[C@@H]1CCc2nnc(-c3cccc(Br)n3)n21. The largest absolute Gasteiger partial charge is 0.394 e. The summed E-state index contributed by atoms with van der Waals surface area (Å²) in [4.78, 5) is 4.37. The number of rotatable bonds is 2. The van der Waals surface area contributed by atoms with E-state index >= 15 is 0 Å². The Kier molecular flexibility index (Phi) is 2.68. The van der Waals surface area contributed by atoms with Crippen LogP contribution in [0.1, 0.15) is 18.3 Å². The van der Waals surface area contributed by atoms with Crippen molar-refractivity contribution < 1.29 is 5.11 Å². The highest BCUT2D eigenvalue weighted by Gasteiger charge is 2.27. The summed E-state index contributed by atoms with van der Waals surface area (Å²) >= 11 is 3.34. The van der Waals surface area contributed by atoms with Crippen LogP contribution >= 0.6 is 15.9 Å². The third-order valence-corrected chi connectivity index (χ3v) is 3.43. The van der Waals surface area contributed by atoms with Gasteiger partial charge in [0.1, 0.15) is 16.1 Å². The van der Waals surface area contributed by atoms with Crippen molar-refractivity contribution in [3.63, 3.8) is 0 Å². The van der Waals surface area contributed by atoms with Crippen molar-refractivity contribution >= 4 is 15.9 Å². The number of aryl methyl sites for hydroxylation is 1. The van der Waals surface area contributed by atoms with E-state index in [1.807, 2.05) is 22.8 Å². The Morgan fingerprint density at radius 1 is 1.41 bits per heavy atom. The van der Waals surface area contributed by atoms with E-state index in [4.69, 9.17) is 0 Å². The lowest BCUT2D eigenvalue weighted by atomic mass is 10.2. The van der Waals surface area contributed by atoms with Gasteiger partial charge < -0.3 is 9.67 Å². The van der Waals surface area contributed by atoms with Crippen LogP contribution in [0, 0.1) is 0 Å². The van der Waals surface area contributed by atoms with Crippen LogP contribution in [0.25, 0.3) is 11.5 Å². The molecule has 0 aliphatic carbocycles. The van der Waals surface area contributed by atoms with Crippen molar-refractivity contribution in [3.05, 3.63) is 28.6 Å². The van der Waals surface area contributed by atoms with Crippen molar-refractivity contribution in [2.75, 3.05) is 6.61 Å². The summed E-state index contributed by atoms with van der Waals surface area (Å²) in [7, 11) is 0. The van der Waals surface area contributed by atoms with Gasteiger partial charge in [0.2, 0.25) is 0 Å². The molecule has 0 radical (unpaired) electrons. The third-order valence-electron chi connectivity index (χ3n) is 2.99. The molecule has 0 unspecified atom stereocenters. The average molecular weight is 295 g/mol. The van der Waals surface area contributed by atoms with Gasteiger partial charge in [0.15, 0.2) is 5.82 Å². The minimum Gasteiger partial charge on any atom is -0.394 e. The second-order valence-electron chi connectivity index (χ2n) is 4.03. The fraction of sp³-hybridized carbons (Fsp3) is 0.364. The number of fused-ring (bicyclic) bond motifs is 1. The molecule has 1 aliphatic heterocycles. The normalized spacial score (nSPS) is 18.4. The Hall–Kier alpha value is -1.27. The smallest absolute Gasteiger partial charge is 0.183 e. The first-order chi connectivity index (χ1) is 8.29. The highest BCUT2D eigenvalue weighted by atomic mass is 79.9. The van der Waals surface area contributed by atoms with E-state index in [2.05, 4.69) is 31.1 Å². The number of pyridine rings is 1. The molecule has 88 valence electrons. The van der Waals surface area contributed by atoms with Gasteiger partial charge in [-0.2, -0.15) is 0 Å². The topological polar surface area (TPSA) is 63.8 Å². The monoisotopic (exact) mass is 294 g/mol. The first-order valence-corrected chi connectivity index (χ1v) is 6.26. The highest BCUT2D eigenvalue weighted by Crippen LogP contribution is 2.30. The molecule has 5 nitrogen and oxygen atoms in total. The fourth-order valence-electron chi connectivity index (χ4n) is 2.18. The Morgan fingerprint density at radius 3 is 3.06 bits per heavy atom. The first-order valence-electron chi connectivity index (χ1n) is 5.47. The maximum Gasteiger partial charge on any atom is 0.183 e. The van der Waals surface area contributed by atoms with Gasteiger partial charge >= 0.3 is 0 Å². The average Bonchev–Trinajstić information content (AvgIpc) is 2.89. The van der Waals surface area contributed by atoms with E-state index < -0.39 is 0 Å². The van der Waals surface area contributed by atoms with E-state index in [9.17, 15) is 5.11 Å². The molecule has 6 heteroatoms. The molecule has 17 heavy (non-hydrogen) atoms. The molecular formula is C11H11BrN4O. The van der Waals surface area contributed by atoms with Crippen LogP contribution in [0.5, 0.6) is 0 Å². The van der Waals surface area contributed by atoms with Crippen molar-refractivity contribution in [3.8, 4) is 11.5 Å². The van der Waals surface area contributed by atoms with E-state index in [1.165, 1.54) is 0 Å². The Morgan fingerprint density at radius 2 is 2.29 bits per heavy atom. The minimum absolute atomic E-state index is 0.0794. The second kappa shape index (κ2) is 4.19. The zero-order valence-corrected chi connectivity index (χ0v) is 10.6. The van der Waals surface area contributed by atoms with Gasteiger partial charge in [-0.05, 0) is 34.5 Å². The van der Waals surface area contributed by atoms with Gasteiger partial charge in [-0.1, -0.05) is 6.07 Å². The molecule has 0 aromatic carbocycles. The van der Waals surface area contributed by atoms with E-state index in [0.717, 1.165) is 34.8 Å². The molecule has 2 aromatic rings. The number of aliphatic hydroxyl groups is 1. The molecule has 0 bridgehead atoms. The number of halogens is 1. The Bertz CT molecular complexity index is 554. The summed E-state index contributed by atoms with van der Waals surface area (Å²) in [5, 5.41) is 17.7. The van der Waals surface area contributed by atoms with Gasteiger partial charge in [0.05, 0.1) is 12.6 Å². The Balaban J connectivity index is 2.11. The summed E-state index contributed by atoms with van der Waals surface area (Å²) in [6.45, 7) is 0.117. The summed E-state index contributed by atoms with van der Waals surface area (Å²) in [6.07, 6.45) is 1.79. The molecule has 0 amide bonds. The zero-order chi connectivity index (χ0) is 11.8. The van der Waals surface area contributed by atoms with Crippen LogP contribution in [-0.4, -0.2) is 31.5 Å². The van der Waals surface area contributed by atoms with Gasteiger partial charge in [-0.25, -0.2) is 4.98 Å². The molecule has 0 saturated carbocycles. The number of aromatic nitrogens is 4. The molecule has 1 N–H and O–H groups in total. The van der Waals surface area contributed by atoms with Crippen molar-refractivity contribution in [2.24, 2.45) is 0 Å². The molecule has 0 spiro atoms. The van der Waals surface area contributed by atoms with Crippen LogP contribution < -0.4 is 0 Å². The maximum atomic E-state index is 9.35. The van der Waals surface area contributed by atoms with Crippen LogP contribution in [0.3, 0.4) is 0 Å². The van der Waals surface area contributed by atoms with Gasteiger partial charge in [-0.15, -0.1) is 10.2 Å². The van der Waals surface area contributed by atoms with Crippen molar-refractivity contribution in [1.82, 2.24) is 19.7 Å². The predicted molar refractivity (Wildman–Crippen MR) is 65.4 cm³/mol. The van der Waals surface area contributed by atoms with Crippen LogP contribution in [-0.2, 0) is 6.42 Å². The van der Waals surface area contributed by atoms with E-state index in [1.54, 1.807) is 0 Å². The molecule has 1 atom stereocenters. The lowest BCUT2D eigenvalue weighted by Crippen LogP contribution is -2.10. The number of hydrogen-bond acceptors (Lipinski definition) is 4. The van der Waals surface area contributed by atoms with E-state index in [0.29, 0.717) is 0 Å². The quantitative estimate of drug-likeness (QED) is 0.854. The fourth-order valence-corrected chi connectivity index (χ4v) is 2.53. The Labute approximate surface area is 107 Å². The minimum atomic E-state index is 0.0794. The highest BCUT2D eigenvalue weighted by molar-refractivity contribution is 9.10. The van der Waals surface area contributed by atoms with Gasteiger partial charge in [-0.3, -0.25) is 0 Å². The summed E-state index contributed by atoms with van der Waals surface area (Å²) < 4.78 is 2.76. The molecular weight excluding hydrogens is 284 g/mol. The maximum absolute atomic E-state index is 9.35. The molecule has 3 rings (SSSR count).